The number of hydrogen-bond acceptors (Lipinski definition) is 5. The van der Waals surface area contributed by atoms with Gasteiger partial charge in [0, 0.05) is 49.2 Å². The fraction of sp³-hybridized carbons (Fsp3) is 0.391. The van der Waals surface area contributed by atoms with Crippen LogP contribution in [0.1, 0.15) is 22.9 Å². The summed E-state index contributed by atoms with van der Waals surface area (Å²) in [6, 6.07) is 12.8. The van der Waals surface area contributed by atoms with Crippen molar-refractivity contribution in [1.29, 1.82) is 0 Å². The van der Waals surface area contributed by atoms with Gasteiger partial charge in [-0.15, -0.1) is 0 Å². The van der Waals surface area contributed by atoms with E-state index in [0.717, 1.165) is 33.5 Å². The SMILES string of the molecule is COc1ccc2c3c(n(C)c2c1)[C@H](CO)NCC31CN(S(=O)(=O)c2cccc(C)c2)C1. The molecule has 3 aromatic rings. The van der Waals surface area contributed by atoms with Gasteiger partial charge in [-0.3, -0.25) is 0 Å². The Balaban J connectivity index is 1.58. The first-order valence-electron chi connectivity index (χ1n) is 10.4. The van der Waals surface area contributed by atoms with Crippen molar-refractivity contribution in [3.63, 3.8) is 0 Å². The molecule has 2 aliphatic rings. The molecule has 0 aliphatic carbocycles. The number of hydrogen-bond donors (Lipinski definition) is 2. The highest BCUT2D eigenvalue weighted by molar-refractivity contribution is 7.89. The van der Waals surface area contributed by atoms with Gasteiger partial charge in [0.2, 0.25) is 10.0 Å². The van der Waals surface area contributed by atoms with Crippen molar-refractivity contribution in [3.8, 4) is 5.75 Å². The first-order chi connectivity index (χ1) is 14.8. The molecule has 5 rings (SSSR count). The van der Waals surface area contributed by atoms with E-state index in [1.165, 1.54) is 0 Å². The number of sulfonamides is 1. The van der Waals surface area contributed by atoms with E-state index < -0.39 is 10.0 Å². The van der Waals surface area contributed by atoms with Gasteiger partial charge in [-0.1, -0.05) is 12.1 Å². The Hall–Kier alpha value is -2.39. The average Bonchev–Trinajstić information content (AvgIpc) is 3.04. The Morgan fingerprint density at radius 2 is 2.00 bits per heavy atom. The zero-order valence-corrected chi connectivity index (χ0v) is 18.7. The molecule has 1 fully saturated rings. The van der Waals surface area contributed by atoms with Gasteiger partial charge in [0.15, 0.2) is 0 Å². The lowest BCUT2D eigenvalue weighted by Crippen LogP contribution is -2.67. The number of nitrogens with one attached hydrogen (secondary N) is 1. The lowest BCUT2D eigenvalue weighted by molar-refractivity contribution is 0.121. The number of aromatic nitrogens is 1. The van der Waals surface area contributed by atoms with Crippen molar-refractivity contribution in [3.05, 3.63) is 59.3 Å². The number of aliphatic hydroxyl groups excluding tert-OH is 1. The van der Waals surface area contributed by atoms with E-state index in [4.69, 9.17) is 4.74 Å². The fourth-order valence-corrected chi connectivity index (χ4v) is 6.89. The van der Waals surface area contributed by atoms with Crippen LogP contribution in [0.4, 0.5) is 0 Å². The zero-order valence-electron chi connectivity index (χ0n) is 17.9. The van der Waals surface area contributed by atoms with E-state index in [2.05, 4.69) is 9.88 Å². The Labute approximate surface area is 182 Å². The second-order valence-corrected chi connectivity index (χ2v) is 10.6. The summed E-state index contributed by atoms with van der Waals surface area (Å²) in [5.74, 6) is 0.769. The van der Waals surface area contributed by atoms with Crippen LogP contribution in [0.25, 0.3) is 10.9 Å². The highest BCUT2D eigenvalue weighted by atomic mass is 32.2. The molecule has 0 amide bonds. The molecule has 0 unspecified atom stereocenters. The molecular weight excluding hydrogens is 414 g/mol. The maximum Gasteiger partial charge on any atom is 0.243 e. The molecule has 0 bridgehead atoms. The molecule has 2 aromatic carbocycles. The van der Waals surface area contributed by atoms with Gasteiger partial charge in [0.25, 0.3) is 0 Å². The van der Waals surface area contributed by atoms with Crippen LogP contribution in [0, 0.1) is 6.92 Å². The molecule has 31 heavy (non-hydrogen) atoms. The number of aliphatic hydroxyl groups is 1. The van der Waals surface area contributed by atoms with Crippen molar-refractivity contribution in [2.75, 3.05) is 33.4 Å². The van der Waals surface area contributed by atoms with Gasteiger partial charge >= 0.3 is 0 Å². The normalized spacial score (nSPS) is 20.6. The summed E-state index contributed by atoms with van der Waals surface area (Å²) in [5, 5.41) is 14.5. The molecule has 8 heteroatoms. The van der Waals surface area contributed by atoms with Crippen molar-refractivity contribution >= 4 is 20.9 Å². The van der Waals surface area contributed by atoms with E-state index in [1.54, 1.807) is 29.6 Å². The van der Waals surface area contributed by atoms with Gasteiger partial charge in [-0.25, -0.2) is 8.42 Å². The van der Waals surface area contributed by atoms with Crippen LogP contribution in [0.5, 0.6) is 5.75 Å². The van der Waals surface area contributed by atoms with Crippen molar-refractivity contribution in [2.45, 2.75) is 23.3 Å². The molecule has 2 aliphatic heterocycles. The van der Waals surface area contributed by atoms with Gasteiger partial charge in [0.1, 0.15) is 5.75 Å². The highest BCUT2D eigenvalue weighted by Crippen LogP contribution is 2.47. The van der Waals surface area contributed by atoms with Gasteiger partial charge in [-0.05, 0) is 42.3 Å². The summed E-state index contributed by atoms with van der Waals surface area (Å²) < 4.78 is 35.5. The van der Waals surface area contributed by atoms with Crippen molar-refractivity contribution in [1.82, 2.24) is 14.2 Å². The van der Waals surface area contributed by atoms with Crippen LogP contribution in [0.3, 0.4) is 0 Å². The number of ether oxygens (including phenoxy) is 1. The zero-order chi connectivity index (χ0) is 22.0. The maximum atomic E-state index is 13.2. The molecule has 1 saturated heterocycles. The van der Waals surface area contributed by atoms with Crippen LogP contribution >= 0.6 is 0 Å². The maximum absolute atomic E-state index is 13.2. The molecule has 0 saturated carbocycles. The minimum absolute atomic E-state index is 0.0182. The molecule has 0 radical (unpaired) electrons. The minimum atomic E-state index is -3.55. The third-order valence-electron chi connectivity index (χ3n) is 6.77. The van der Waals surface area contributed by atoms with Gasteiger partial charge in [-0.2, -0.15) is 4.31 Å². The summed E-state index contributed by atoms with van der Waals surface area (Å²) >= 11 is 0. The lowest BCUT2D eigenvalue weighted by Gasteiger charge is -2.52. The Bertz CT molecular complexity index is 1280. The summed E-state index contributed by atoms with van der Waals surface area (Å²) in [4.78, 5) is 0.335. The van der Waals surface area contributed by atoms with Crippen LogP contribution < -0.4 is 10.1 Å². The molecule has 1 atom stereocenters. The Morgan fingerprint density at radius 1 is 1.23 bits per heavy atom. The lowest BCUT2D eigenvalue weighted by atomic mass is 9.70. The standard InChI is InChI=1S/C23H27N3O4S/c1-15-5-4-6-17(9-15)31(28,29)26-13-23(14-26)12-24-19(11-27)22-21(23)18-8-7-16(30-3)10-20(18)25(22)2/h4-10,19,24,27H,11-14H2,1-3H3/t19-/m0/s1. The Kier molecular flexibility index (Phi) is 4.67. The number of benzene rings is 2. The second-order valence-electron chi connectivity index (χ2n) is 8.69. The van der Waals surface area contributed by atoms with E-state index >= 15 is 0 Å². The number of rotatable bonds is 4. The monoisotopic (exact) mass is 441 g/mol. The van der Waals surface area contributed by atoms with Gasteiger partial charge < -0.3 is 19.7 Å². The average molecular weight is 442 g/mol. The third-order valence-corrected chi connectivity index (χ3v) is 8.56. The quantitative estimate of drug-likeness (QED) is 0.648. The van der Waals surface area contributed by atoms with E-state index in [1.807, 2.05) is 38.2 Å². The van der Waals surface area contributed by atoms with E-state index in [9.17, 15) is 13.5 Å². The predicted octanol–water partition coefficient (Wildman–Crippen LogP) is 2.07. The van der Waals surface area contributed by atoms with Crippen LogP contribution in [0.15, 0.2) is 47.4 Å². The molecular formula is C23H27N3O4S. The summed E-state index contributed by atoms with van der Waals surface area (Å²) in [6.45, 7) is 3.32. The van der Waals surface area contributed by atoms with Crippen molar-refractivity contribution in [2.24, 2.45) is 7.05 Å². The van der Waals surface area contributed by atoms with Crippen LogP contribution in [-0.4, -0.2) is 55.7 Å². The molecule has 1 aromatic heterocycles. The number of fused-ring (bicyclic) bond motifs is 4. The fourth-order valence-electron chi connectivity index (χ4n) is 5.18. The molecule has 3 heterocycles. The number of aryl methyl sites for hydroxylation is 2. The minimum Gasteiger partial charge on any atom is -0.497 e. The first kappa shape index (κ1) is 20.5. The van der Waals surface area contributed by atoms with Crippen LogP contribution in [0.2, 0.25) is 0 Å². The summed E-state index contributed by atoms with van der Waals surface area (Å²) in [6.07, 6.45) is 0. The smallest absolute Gasteiger partial charge is 0.243 e. The van der Waals surface area contributed by atoms with Crippen LogP contribution in [-0.2, 0) is 22.5 Å². The molecule has 7 nitrogen and oxygen atoms in total. The summed E-state index contributed by atoms with van der Waals surface area (Å²) in [7, 11) is 0.0829. The molecule has 164 valence electrons. The number of methoxy groups -OCH3 is 1. The third kappa shape index (κ3) is 2.93. The Morgan fingerprint density at radius 3 is 2.68 bits per heavy atom. The van der Waals surface area contributed by atoms with E-state index in [0.29, 0.717) is 24.5 Å². The first-order valence-corrected chi connectivity index (χ1v) is 11.8. The topological polar surface area (TPSA) is 83.8 Å². The molecule has 1 spiro atoms. The van der Waals surface area contributed by atoms with Crippen molar-refractivity contribution < 1.29 is 18.3 Å². The predicted molar refractivity (Wildman–Crippen MR) is 119 cm³/mol. The largest absolute Gasteiger partial charge is 0.497 e. The highest BCUT2D eigenvalue weighted by Gasteiger charge is 2.54. The molecule has 2 N–H and O–H groups in total. The number of nitrogens with zero attached hydrogens (tertiary/aromatic N) is 2. The van der Waals surface area contributed by atoms with Gasteiger partial charge in [0.05, 0.1) is 30.2 Å². The summed E-state index contributed by atoms with van der Waals surface area (Å²) in [5.41, 5.74) is 3.77. The second kappa shape index (κ2) is 7.06. The van der Waals surface area contributed by atoms with E-state index in [-0.39, 0.29) is 18.1 Å².